The van der Waals surface area contributed by atoms with E-state index in [1.54, 1.807) is 0 Å². The van der Waals surface area contributed by atoms with Gasteiger partial charge in [-0.15, -0.1) is 0 Å². The van der Waals surface area contributed by atoms with Gasteiger partial charge in [-0.3, -0.25) is 0 Å². The van der Waals surface area contributed by atoms with Gasteiger partial charge in [-0.05, 0) is 133 Å². The van der Waals surface area contributed by atoms with Gasteiger partial charge in [0.1, 0.15) is 0 Å². The van der Waals surface area contributed by atoms with Crippen LogP contribution in [0.3, 0.4) is 0 Å². The molecule has 0 aromatic heterocycles. The molecule has 0 saturated heterocycles. The Morgan fingerprint density at radius 2 is 0.823 bits per heavy atom. The van der Waals surface area contributed by atoms with Crippen molar-refractivity contribution in [2.75, 3.05) is 4.90 Å². The van der Waals surface area contributed by atoms with Crippen molar-refractivity contribution in [3.8, 4) is 44.5 Å². The van der Waals surface area contributed by atoms with Crippen LogP contribution in [-0.4, -0.2) is 0 Å². The molecule has 0 heterocycles. The first-order valence-electron chi connectivity index (χ1n) is 21.6. The lowest BCUT2D eigenvalue weighted by atomic mass is 9.67. The number of hydrogen-bond acceptors (Lipinski definition) is 1. The third-order valence-electron chi connectivity index (χ3n) is 13.0. The molecule has 62 heavy (non-hydrogen) atoms. The Morgan fingerprint density at radius 3 is 1.45 bits per heavy atom. The van der Waals surface area contributed by atoms with Crippen molar-refractivity contribution in [2.45, 2.75) is 19.3 Å². The minimum absolute atomic E-state index is 0.529. The van der Waals surface area contributed by atoms with Gasteiger partial charge < -0.3 is 4.90 Å². The Balaban J connectivity index is 1.15. The van der Waals surface area contributed by atoms with E-state index in [0.717, 1.165) is 17.1 Å². The van der Waals surface area contributed by atoms with E-state index in [-0.39, 0.29) is 0 Å². The van der Waals surface area contributed by atoms with Gasteiger partial charge in [0.2, 0.25) is 0 Å². The Bertz CT molecular complexity index is 3180. The quantitative estimate of drug-likeness (QED) is 0.148. The minimum atomic E-state index is -0.529. The van der Waals surface area contributed by atoms with Crippen LogP contribution in [-0.2, 0) is 5.41 Å². The summed E-state index contributed by atoms with van der Waals surface area (Å²) in [6, 6.07) is 87.2. The summed E-state index contributed by atoms with van der Waals surface area (Å²) in [6.07, 6.45) is 0. The number of fused-ring (bicyclic) bond motifs is 4. The van der Waals surface area contributed by atoms with Gasteiger partial charge in [-0.2, -0.15) is 0 Å². The summed E-state index contributed by atoms with van der Waals surface area (Å²) >= 11 is 0. The van der Waals surface area contributed by atoms with Crippen LogP contribution in [0.25, 0.3) is 55.3 Å². The van der Waals surface area contributed by atoms with Crippen LogP contribution >= 0.6 is 0 Å². The Hall–Kier alpha value is -7.74. The number of aryl methyl sites for hydroxylation is 2. The Morgan fingerprint density at radius 1 is 0.323 bits per heavy atom. The fraction of sp³-hybridized carbons (Fsp3) is 0.0492. The average Bonchev–Trinajstić information content (AvgIpc) is 3.64. The van der Waals surface area contributed by atoms with Gasteiger partial charge in [0, 0.05) is 16.9 Å². The molecule has 0 amide bonds. The second-order valence-electron chi connectivity index (χ2n) is 16.6. The highest BCUT2D eigenvalue weighted by Gasteiger charge is 2.47. The lowest BCUT2D eigenvalue weighted by Crippen LogP contribution is -2.28. The molecule has 0 saturated carbocycles. The van der Waals surface area contributed by atoms with Crippen LogP contribution in [0.2, 0.25) is 0 Å². The monoisotopic (exact) mass is 791 g/mol. The molecule has 0 radical (unpaired) electrons. The predicted octanol–water partition coefficient (Wildman–Crippen LogP) is 16.3. The average molecular weight is 792 g/mol. The third-order valence-corrected chi connectivity index (χ3v) is 13.0. The normalized spacial score (nSPS) is 12.5. The fourth-order valence-electron chi connectivity index (χ4n) is 10.1. The molecular weight excluding hydrogens is 747 g/mol. The molecule has 10 aromatic carbocycles. The highest BCUT2D eigenvalue weighted by molar-refractivity contribution is 6.00. The van der Waals surface area contributed by atoms with E-state index in [9.17, 15) is 0 Å². The van der Waals surface area contributed by atoms with Crippen molar-refractivity contribution >= 4 is 27.8 Å². The van der Waals surface area contributed by atoms with E-state index in [0.29, 0.717) is 0 Å². The van der Waals surface area contributed by atoms with Crippen molar-refractivity contribution in [3.63, 3.8) is 0 Å². The summed E-state index contributed by atoms with van der Waals surface area (Å²) < 4.78 is 0. The highest BCUT2D eigenvalue weighted by Crippen LogP contribution is 2.58. The third kappa shape index (κ3) is 6.16. The molecule has 0 atom stereocenters. The molecule has 0 N–H and O–H groups in total. The van der Waals surface area contributed by atoms with Gasteiger partial charge in [0.15, 0.2) is 0 Å². The van der Waals surface area contributed by atoms with E-state index in [2.05, 4.69) is 255 Å². The molecule has 0 unspecified atom stereocenters. The zero-order valence-corrected chi connectivity index (χ0v) is 35.0. The molecule has 0 fully saturated rings. The maximum absolute atomic E-state index is 2.49. The fourth-order valence-corrected chi connectivity index (χ4v) is 10.1. The molecule has 0 spiro atoms. The van der Waals surface area contributed by atoms with Gasteiger partial charge >= 0.3 is 0 Å². The molecule has 1 nitrogen and oxygen atoms in total. The summed E-state index contributed by atoms with van der Waals surface area (Å²) in [6.45, 7) is 4.48. The molecule has 11 rings (SSSR count). The standard InChI is InChI=1S/C61H45N/c1-42-17-12-15-27-54(42)56-39-48-21-13-14-22-49(48)40-59(56)62(52-35-33-47(34-36-52)46-31-29-45(30-32-46)44-19-6-3-7-20-44)53-37-38-55-58(41-53)61(50-23-8-4-9-24-50,51-25-10-5-11-26-51)57-28-16-18-43(2)60(55)57/h3-41H,1-2H3. The number of nitrogens with zero attached hydrogens (tertiary/aromatic N) is 1. The van der Waals surface area contributed by atoms with Crippen LogP contribution in [0.4, 0.5) is 17.1 Å². The Kier molecular flexibility index (Phi) is 9.24. The summed E-state index contributed by atoms with van der Waals surface area (Å²) in [4.78, 5) is 2.49. The first-order valence-corrected chi connectivity index (χ1v) is 21.6. The van der Waals surface area contributed by atoms with E-state index in [1.165, 1.54) is 88.7 Å². The molecule has 1 aliphatic rings. The van der Waals surface area contributed by atoms with E-state index in [4.69, 9.17) is 0 Å². The van der Waals surface area contributed by atoms with E-state index < -0.39 is 5.41 Å². The predicted molar refractivity (Wildman–Crippen MR) is 262 cm³/mol. The zero-order chi connectivity index (χ0) is 41.6. The van der Waals surface area contributed by atoms with E-state index in [1.807, 2.05) is 0 Å². The molecule has 0 aliphatic heterocycles. The summed E-state index contributed by atoms with van der Waals surface area (Å²) in [5, 5.41) is 2.42. The molecule has 0 bridgehead atoms. The lowest BCUT2D eigenvalue weighted by Gasteiger charge is -2.35. The molecule has 1 aliphatic carbocycles. The van der Waals surface area contributed by atoms with Crippen LogP contribution in [0.1, 0.15) is 33.4 Å². The van der Waals surface area contributed by atoms with Crippen molar-refractivity contribution in [1.82, 2.24) is 0 Å². The lowest BCUT2D eigenvalue weighted by molar-refractivity contribution is 0.768. The van der Waals surface area contributed by atoms with Crippen molar-refractivity contribution in [3.05, 3.63) is 270 Å². The largest absolute Gasteiger partial charge is 0.310 e. The first-order chi connectivity index (χ1) is 30.6. The van der Waals surface area contributed by atoms with Crippen LogP contribution in [0.15, 0.2) is 237 Å². The van der Waals surface area contributed by atoms with Crippen molar-refractivity contribution < 1.29 is 0 Å². The number of hydrogen-bond donors (Lipinski definition) is 0. The summed E-state index contributed by atoms with van der Waals surface area (Å²) in [5.74, 6) is 0. The topological polar surface area (TPSA) is 3.24 Å². The molecule has 1 heteroatoms. The number of rotatable bonds is 8. The second kappa shape index (κ2) is 15.4. The maximum Gasteiger partial charge on any atom is 0.0714 e. The molecular formula is C61H45N. The SMILES string of the molecule is Cc1ccccc1-c1cc2ccccc2cc1N(c1ccc(-c2ccc(-c3ccccc3)cc2)cc1)c1ccc2c(c1)C(c1ccccc1)(c1ccccc1)c1cccc(C)c1-2. The van der Waals surface area contributed by atoms with Crippen molar-refractivity contribution in [1.29, 1.82) is 0 Å². The minimum Gasteiger partial charge on any atom is -0.310 e. The summed E-state index contributed by atoms with van der Waals surface area (Å²) in [5.41, 5.74) is 20.3. The van der Waals surface area contributed by atoms with Gasteiger partial charge in [0.25, 0.3) is 0 Å². The zero-order valence-electron chi connectivity index (χ0n) is 35.0. The first kappa shape index (κ1) is 37.3. The van der Waals surface area contributed by atoms with Crippen LogP contribution in [0.5, 0.6) is 0 Å². The van der Waals surface area contributed by atoms with Gasteiger partial charge in [0.05, 0.1) is 11.1 Å². The highest BCUT2D eigenvalue weighted by atomic mass is 15.1. The second-order valence-corrected chi connectivity index (χ2v) is 16.6. The van der Waals surface area contributed by atoms with Crippen LogP contribution < -0.4 is 4.90 Å². The van der Waals surface area contributed by atoms with E-state index >= 15 is 0 Å². The number of benzene rings is 10. The summed E-state index contributed by atoms with van der Waals surface area (Å²) in [7, 11) is 0. The van der Waals surface area contributed by atoms with Crippen molar-refractivity contribution in [2.24, 2.45) is 0 Å². The van der Waals surface area contributed by atoms with Gasteiger partial charge in [-0.1, -0.05) is 200 Å². The number of anilines is 3. The van der Waals surface area contributed by atoms with Crippen LogP contribution in [0, 0.1) is 13.8 Å². The molecule has 10 aromatic rings. The van der Waals surface area contributed by atoms with Gasteiger partial charge in [-0.25, -0.2) is 0 Å². The smallest absolute Gasteiger partial charge is 0.0714 e. The molecule has 294 valence electrons. The Labute approximate surface area is 364 Å². The maximum atomic E-state index is 2.49.